The van der Waals surface area contributed by atoms with Gasteiger partial charge in [-0.25, -0.2) is 8.78 Å². The molecular weight excluding hydrogens is 244 g/mol. The average Bonchev–Trinajstić information content (AvgIpc) is 2.35. The second kappa shape index (κ2) is 5.83. The summed E-state index contributed by atoms with van der Waals surface area (Å²) in [5.74, 6) is 0. The molecule has 1 N–H and O–H groups in total. The van der Waals surface area contributed by atoms with Crippen molar-refractivity contribution in [3.8, 4) is 0 Å². The lowest BCUT2D eigenvalue weighted by molar-refractivity contribution is 0.151. The Hall–Kier alpha value is -1.90. The van der Waals surface area contributed by atoms with Crippen LogP contribution in [0.25, 0.3) is 0 Å². The zero-order valence-corrected chi connectivity index (χ0v) is 11.1. The minimum atomic E-state index is -2.42. The summed E-state index contributed by atoms with van der Waals surface area (Å²) in [6, 6.07) is 12.7. The molecule has 0 heterocycles. The van der Waals surface area contributed by atoms with Crippen molar-refractivity contribution in [2.24, 2.45) is 0 Å². The molecule has 3 heteroatoms. The van der Waals surface area contributed by atoms with Crippen molar-refractivity contribution in [2.45, 2.75) is 26.8 Å². The lowest BCUT2D eigenvalue weighted by Crippen LogP contribution is -2.00. The number of alkyl halides is 2. The first-order valence-corrected chi connectivity index (χ1v) is 6.24. The Labute approximate surface area is 112 Å². The van der Waals surface area contributed by atoms with E-state index in [2.05, 4.69) is 11.4 Å². The van der Waals surface area contributed by atoms with Crippen LogP contribution in [0.3, 0.4) is 0 Å². The molecule has 19 heavy (non-hydrogen) atoms. The average molecular weight is 261 g/mol. The molecule has 0 unspecified atom stereocenters. The molecule has 2 rings (SSSR count). The van der Waals surface area contributed by atoms with Crippen molar-refractivity contribution >= 4 is 5.69 Å². The van der Waals surface area contributed by atoms with Crippen LogP contribution in [0.15, 0.2) is 42.5 Å². The molecule has 0 bridgehead atoms. The Morgan fingerprint density at radius 2 is 1.68 bits per heavy atom. The molecule has 0 fully saturated rings. The molecule has 0 saturated carbocycles. The second-order valence-corrected chi connectivity index (χ2v) is 4.78. The van der Waals surface area contributed by atoms with Gasteiger partial charge in [0.2, 0.25) is 0 Å². The minimum absolute atomic E-state index is 0.0692. The van der Waals surface area contributed by atoms with Gasteiger partial charge in [0.15, 0.2) is 0 Å². The highest BCUT2D eigenvalue weighted by Gasteiger charge is 2.06. The molecule has 100 valence electrons. The summed E-state index contributed by atoms with van der Waals surface area (Å²) in [6.45, 7) is 4.62. The monoisotopic (exact) mass is 261 g/mol. The van der Waals surface area contributed by atoms with Gasteiger partial charge in [-0.05, 0) is 48.7 Å². The van der Waals surface area contributed by atoms with Crippen LogP contribution in [-0.2, 0) is 6.54 Å². The van der Waals surface area contributed by atoms with E-state index in [-0.39, 0.29) is 5.56 Å². The lowest BCUT2D eigenvalue weighted by atomic mass is 10.1. The van der Waals surface area contributed by atoms with Crippen molar-refractivity contribution in [2.75, 3.05) is 5.32 Å². The van der Waals surface area contributed by atoms with Crippen LogP contribution in [-0.4, -0.2) is 0 Å². The normalized spacial score (nSPS) is 10.8. The van der Waals surface area contributed by atoms with E-state index in [1.807, 2.05) is 32.0 Å². The fraction of sp³-hybridized carbons (Fsp3) is 0.250. The zero-order chi connectivity index (χ0) is 13.8. The Bertz CT molecular complexity index is 544. The predicted molar refractivity (Wildman–Crippen MR) is 74.6 cm³/mol. The molecule has 0 atom stereocenters. The van der Waals surface area contributed by atoms with E-state index in [1.54, 1.807) is 12.1 Å². The van der Waals surface area contributed by atoms with E-state index in [9.17, 15) is 8.78 Å². The van der Waals surface area contributed by atoms with Gasteiger partial charge in [-0.2, -0.15) is 0 Å². The van der Waals surface area contributed by atoms with Crippen molar-refractivity contribution in [3.05, 3.63) is 64.7 Å². The highest BCUT2D eigenvalue weighted by Crippen LogP contribution is 2.20. The Morgan fingerprint density at radius 1 is 1.00 bits per heavy atom. The van der Waals surface area contributed by atoms with Gasteiger partial charge in [-0.1, -0.05) is 24.3 Å². The summed E-state index contributed by atoms with van der Waals surface area (Å²) in [6.07, 6.45) is -2.42. The topological polar surface area (TPSA) is 12.0 Å². The number of halogens is 2. The maximum atomic E-state index is 12.6. The van der Waals surface area contributed by atoms with Crippen LogP contribution < -0.4 is 5.32 Å². The summed E-state index contributed by atoms with van der Waals surface area (Å²) in [5, 5.41) is 3.26. The summed E-state index contributed by atoms with van der Waals surface area (Å²) < 4.78 is 25.2. The minimum Gasteiger partial charge on any atom is -0.381 e. The van der Waals surface area contributed by atoms with E-state index < -0.39 is 6.43 Å². The van der Waals surface area contributed by atoms with Crippen LogP contribution in [0.2, 0.25) is 0 Å². The van der Waals surface area contributed by atoms with Crippen LogP contribution in [0.1, 0.15) is 28.7 Å². The Kier molecular flexibility index (Phi) is 4.15. The fourth-order valence-electron chi connectivity index (χ4n) is 2.12. The number of hydrogen-bond acceptors (Lipinski definition) is 1. The predicted octanol–water partition coefficient (Wildman–Crippen LogP) is 4.85. The number of nitrogens with one attached hydrogen (secondary N) is 1. The van der Waals surface area contributed by atoms with Gasteiger partial charge in [-0.3, -0.25) is 0 Å². The third kappa shape index (κ3) is 3.78. The highest BCUT2D eigenvalue weighted by atomic mass is 19.3. The molecule has 0 saturated heterocycles. The number of anilines is 1. The lowest BCUT2D eigenvalue weighted by Gasteiger charge is -2.10. The first-order chi connectivity index (χ1) is 9.04. The molecule has 0 spiro atoms. The highest BCUT2D eigenvalue weighted by molar-refractivity contribution is 5.48. The number of aryl methyl sites for hydroxylation is 2. The maximum Gasteiger partial charge on any atom is 0.263 e. The largest absolute Gasteiger partial charge is 0.381 e. The molecule has 1 nitrogen and oxygen atoms in total. The first kappa shape index (κ1) is 13.5. The first-order valence-electron chi connectivity index (χ1n) is 6.24. The summed E-state index contributed by atoms with van der Waals surface area (Å²) in [7, 11) is 0. The van der Waals surface area contributed by atoms with Gasteiger partial charge in [0.05, 0.1) is 0 Å². The van der Waals surface area contributed by atoms with Gasteiger partial charge < -0.3 is 5.32 Å². The fourth-order valence-corrected chi connectivity index (χ4v) is 2.12. The van der Waals surface area contributed by atoms with Gasteiger partial charge >= 0.3 is 0 Å². The molecular formula is C16H17F2N. The Balaban J connectivity index is 2.07. The van der Waals surface area contributed by atoms with Crippen LogP contribution in [0.4, 0.5) is 14.5 Å². The smallest absolute Gasteiger partial charge is 0.263 e. The van der Waals surface area contributed by atoms with Gasteiger partial charge in [-0.15, -0.1) is 0 Å². The van der Waals surface area contributed by atoms with Crippen molar-refractivity contribution in [1.82, 2.24) is 0 Å². The molecule has 2 aromatic carbocycles. The summed E-state index contributed by atoms with van der Waals surface area (Å²) in [5.41, 5.74) is 4.31. The number of rotatable bonds is 4. The van der Waals surface area contributed by atoms with Gasteiger partial charge in [0.25, 0.3) is 6.43 Å². The van der Waals surface area contributed by atoms with Crippen molar-refractivity contribution in [1.29, 1.82) is 0 Å². The van der Waals surface area contributed by atoms with Crippen LogP contribution in [0.5, 0.6) is 0 Å². The van der Waals surface area contributed by atoms with Crippen LogP contribution in [0, 0.1) is 13.8 Å². The van der Waals surface area contributed by atoms with Crippen LogP contribution >= 0.6 is 0 Å². The molecule has 0 aliphatic carbocycles. The maximum absolute atomic E-state index is 12.6. The quantitative estimate of drug-likeness (QED) is 0.829. The van der Waals surface area contributed by atoms with E-state index in [1.165, 1.54) is 17.2 Å². The van der Waals surface area contributed by atoms with Gasteiger partial charge in [0.1, 0.15) is 0 Å². The standard InChI is InChI=1S/C16H17F2N/c1-11-6-12(2)8-15(7-11)19-10-13-4-3-5-14(9-13)16(17)18/h3-9,16,19H,10H2,1-2H3. The molecule has 0 aromatic heterocycles. The van der Waals surface area contributed by atoms with Gasteiger partial charge in [0, 0.05) is 17.8 Å². The SMILES string of the molecule is Cc1cc(C)cc(NCc2cccc(C(F)F)c2)c1. The van der Waals surface area contributed by atoms with E-state index in [4.69, 9.17) is 0 Å². The third-order valence-electron chi connectivity index (χ3n) is 2.92. The molecule has 0 radical (unpaired) electrons. The number of hydrogen-bond donors (Lipinski definition) is 1. The Morgan fingerprint density at radius 3 is 2.32 bits per heavy atom. The number of benzene rings is 2. The van der Waals surface area contributed by atoms with E-state index in [0.717, 1.165) is 11.3 Å². The molecule has 0 aliphatic heterocycles. The second-order valence-electron chi connectivity index (χ2n) is 4.78. The molecule has 0 amide bonds. The van der Waals surface area contributed by atoms with Crippen molar-refractivity contribution in [3.63, 3.8) is 0 Å². The molecule has 2 aromatic rings. The summed E-state index contributed by atoms with van der Waals surface area (Å²) >= 11 is 0. The summed E-state index contributed by atoms with van der Waals surface area (Å²) in [4.78, 5) is 0. The van der Waals surface area contributed by atoms with Crippen molar-refractivity contribution < 1.29 is 8.78 Å². The third-order valence-corrected chi connectivity index (χ3v) is 2.92. The van der Waals surface area contributed by atoms with E-state index in [0.29, 0.717) is 6.54 Å². The molecule has 0 aliphatic rings. The zero-order valence-electron chi connectivity index (χ0n) is 11.1. The van der Waals surface area contributed by atoms with E-state index >= 15 is 0 Å².